The quantitative estimate of drug-likeness (QED) is 0.454. The molecule has 0 bridgehead atoms. The zero-order chi connectivity index (χ0) is 12.2. The van der Waals surface area contributed by atoms with Gasteiger partial charge in [0.25, 0.3) is 0 Å². The van der Waals surface area contributed by atoms with Crippen LogP contribution >= 0.6 is 0 Å². The highest BCUT2D eigenvalue weighted by atomic mass is 16.5. The average Bonchev–Trinajstić information content (AvgIpc) is 2.25. The first-order chi connectivity index (χ1) is 7.70. The van der Waals surface area contributed by atoms with Gasteiger partial charge >= 0.3 is 0 Å². The van der Waals surface area contributed by atoms with Crippen LogP contribution in [0.4, 0.5) is 0 Å². The van der Waals surface area contributed by atoms with Crippen LogP contribution in [0.5, 0.6) is 0 Å². The van der Waals surface area contributed by atoms with E-state index in [0.717, 1.165) is 19.4 Å². The first-order valence-electron chi connectivity index (χ1n) is 5.78. The number of amides is 1. The average molecular weight is 232 g/mol. The maximum absolute atomic E-state index is 11.3. The molecule has 0 saturated heterocycles. The highest BCUT2D eigenvalue weighted by Crippen LogP contribution is 1.97. The van der Waals surface area contributed by atoms with E-state index in [2.05, 4.69) is 10.6 Å². The minimum atomic E-state index is 0.00676. The summed E-state index contributed by atoms with van der Waals surface area (Å²) in [4.78, 5) is 11.3. The molecule has 0 rings (SSSR count). The lowest BCUT2D eigenvalue weighted by atomic mass is 10.1. The van der Waals surface area contributed by atoms with Crippen molar-refractivity contribution in [3.63, 3.8) is 0 Å². The van der Waals surface area contributed by atoms with Gasteiger partial charge in [-0.1, -0.05) is 6.92 Å². The fraction of sp³-hybridized carbons (Fsp3) is 0.909. The normalized spacial score (nSPS) is 12.4. The molecule has 16 heavy (non-hydrogen) atoms. The van der Waals surface area contributed by atoms with Crippen LogP contribution < -0.4 is 10.6 Å². The smallest absolute Gasteiger partial charge is 0.233 e. The summed E-state index contributed by atoms with van der Waals surface area (Å²) in [7, 11) is 1.64. The third kappa shape index (κ3) is 9.89. The van der Waals surface area contributed by atoms with E-state index in [0.29, 0.717) is 25.6 Å². The van der Waals surface area contributed by atoms with Crippen molar-refractivity contribution in [2.24, 2.45) is 5.92 Å². The summed E-state index contributed by atoms with van der Waals surface area (Å²) in [5, 5.41) is 14.5. The second kappa shape index (κ2) is 10.9. The Morgan fingerprint density at radius 3 is 2.88 bits per heavy atom. The molecular formula is C11H24N2O3. The Hall–Kier alpha value is -0.650. The van der Waals surface area contributed by atoms with Gasteiger partial charge in [-0.25, -0.2) is 0 Å². The van der Waals surface area contributed by atoms with Crippen molar-refractivity contribution < 1.29 is 14.6 Å². The number of rotatable bonds is 10. The van der Waals surface area contributed by atoms with Crippen LogP contribution in [0.15, 0.2) is 0 Å². The molecule has 0 fully saturated rings. The summed E-state index contributed by atoms with van der Waals surface area (Å²) in [6.07, 6.45) is 1.60. The lowest BCUT2D eigenvalue weighted by molar-refractivity contribution is -0.120. The third-order valence-corrected chi connectivity index (χ3v) is 2.25. The fourth-order valence-corrected chi connectivity index (χ4v) is 1.26. The summed E-state index contributed by atoms with van der Waals surface area (Å²) in [6.45, 7) is 4.66. The Morgan fingerprint density at radius 2 is 2.25 bits per heavy atom. The van der Waals surface area contributed by atoms with Crippen LogP contribution in [0.2, 0.25) is 0 Å². The molecule has 0 heterocycles. The summed E-state index contributed by atoms with van der Waals surface area (Å²) < 4.78 is 4.87. The van der Waals surface area contributed by atoms with Crippen LogP contribution in [0.1, 0.15) is 19.8 Å². The molecule has 5 nitrogen and oxygen atoms in total. The van der Waals surface area contributed by atoms with Gasteiger partial charge in [-0.3, -0.25) is 4.79 Å². The molecule has 0 saturated carbocycles. The Bertz CT molecular complexity index is 177. The standard InChI is InChI=1S/C11H24N2O3/c1-10(4-6-14)8-12-9-11(15)13-5-3-7-16-2/h10,12,14H,3-9H2,1-2H3,(H,13,15). The van der Waals surface area contributed by atoms with Gasteiger partial charge in [0, 0.05) is 26.9 Å². The third-order valence-electron chi connectivity index (χ3n) is 2.25. The Morgan fingerprint density at radius 1 is 1.50 bits per heavy atom. The van der Waals surface area contributed by atoms with E-state index in [-0.39, 0.29) is 12.5 Å². The van der Waals surface area contributed by atoms with Crippen LogP contribution in [-0.2, 0) is 9.53 Å². The summed E-state index contributed by atoms with van der Waals surface area (Å²) in [5.74, 6) is 0.401. The predicted octanol–water partition coefficient (Wildman–Crippen LogP) is -0.253. The van der Waals surface area contributed by atoms with E-state index in [1.165, 1.54) is 0 Å². The molecule has 0 spiro atoms. The van der Waals surface area contributed by atoms with E-state index in [1.807, 2.05) is 6.92 Å². The Kier molecular flexibility index (Phi) is 10.4. The molecule has 0 aromatic rings. The van der Waals surface area contributed by atoms with E-state index in [9.17, 15) is 4.79 Å². The minimum absolute atomic E-state index is 0.00676. The van der Waals surface area contributed by atoms with E-state index < -0.39 is 0 Å². The molecule has 1 atom stereocenters. The van der Waals surface area contributed by atoms with Gasteiger partial charge in [-0.2, -0.15) is 0 Å². The number of aliphatic hydroxyl groups is 1. The summed E-state index contributed by atoms with van der Waals surface area (Å²) >= 11 is 0. The predicted molar refractivity (Wildman–Crippen MR) is 63.2 cm³/mol. The van der Waals surface area contributed by atoms with Crippen LogP contribution in [0, 0.1) is 5.92 Å². The molecule has 3 N–H and O–H groups in total. The first-order valence-corrected chi connectivity index (χ1v) is 5.78. The molecular weight excluding hydrogens is 208 g/mol. The van der Waals surface area contributed by atoms with E-state index in [1.54, 1.807) is 7.11 Å². The van der Waals surface area contributed by atoms with Gasteiger partial charge in [0.05, 0.1) is 6.54 Å². The van der Waals surface area contributed by atoms with Gasteiger partial charge in [0.2, 0.25) is 5.91 Å². The zero-order valence-corrected chi connectivity index (χ0v) is 10.3. The SMILES string of the molecule is COCCCNC(=O)CNCC(C)CCO. The van der Waals surface area contributed by atoms with E-state index >= 15 is 0 Å². The summed E-state index contributed by atoms with van der Waals surface area (Å²) in [6, 6.07) is 0. The monoisotopic (exact) mass is 232 g/mol. The first kappa shape index (κ1) is 15.3. The number of hydrogen-bond donors (Lipinski definition) is 3. The number of carbonyl (C=O) groups excluding carboxylic acids is 1. The number of aliphatic hydroxyl groups excluding tert-OH is 1. The Labute approximate surface area is 97.6 Å². The molecule has 5 heteroatoms. The Balaban J connectivity index is 3.29. The van der Waals surface area contributed by atoms with Gasteiger partial charge in [0.1, 0.15) is 0 Å². The van der Waals surface area contributed by atoms with Crippen molar-refractivity contribution in [3.8, 4) is 0 Å². The highest BCUT2D eigenvalue weighted by molar-refractivity contribution is 5.77. The van der Waals surface area contributed by atoms with Gasteiger partial charge in [-0.15, -0.1) is 0 Å². The highest BCUT2D eigenvalue weighted by Gasteiger charge is 2.03. The number of ether oxygens (including phenoxy) is 1. The maximum atomic E-state index is 11.3. The molecule has 0 aromatic carbocycles. The molecule has 1 unspecified atom stereocenters. The molecule has 0 aromatic heterocycles. The topological polar surface area (TPSA) is 70.6 Å². The molecule has 0 aliphatic carbocycles. The van der Waals surface area contributed by atoms with Crippen LogP contribution in [0.25, 0.3) is 0 Å². The van der Waals surface area contributed by atoms with Gasteiger partial charge < -0.3 is 20.5 Å². The van der Waals surface area contributed by atoms with Crippen molar-refractivity contribution in [2.75, 3.05) is 40.0 Å². The number of nitrogens with one attached hydrogen (secondary N) is 2. The van der Waals surface area contributed by atoms with Crippen molar-refractivity contribution in [1.29, 1.82) is 0 Å². The zero-order valence-electron chi connectivity index (χ0n) is 10.3. The van der Waals surface area contributed by atoms with Crippen molar-refractivity contribution in [3.05, 3.63) is 0 Å². The van der Waals surface area contributed by atoms with Crippen molar-refractivity contribution in [2.45, 2.75) is 19.8 Å². The van der Waals surface area contributed by atoms with Crippen LogP contribution in [0.3, 0.4) is 0 Å². The number of hydrogen-bond acceptors (Lipinski definition) is 4. The van der Waals surface area contributed by atoms with Gasteiger partial charge in [0.15, 0.2) is 0 Å². The second-order valence-corrected chi connectivity index (χ2v) is 3.94. The minimum Gasteiger partial charge on any atom is -0.396 e. The lowest BCUT2D eigenvalue weighted by Crippen LogP contribution is -2.36. The summed E-state index contributed by atoms with van der Waals surface area (Å²) in [5.41, 5.74) is 0. The molecule has 1 amide bonds. The van der Waals surface area contributed by atoms with Crippen LogP contribution in [-0.4, -0.2) is 51.0 Å². The lowest BCUT2D eigenvalue weighted by Gasteiger charge is -2.11. The maximum Gasteiger partial charge on any atom is 0.233 e. The molecule has 96 valence electrons. The largest absolute Gasteiger partial charge is 0.396 e. The van der Waals surface area contributed by atoms with E-state index in [4.69, 9.17) is 9.84 Å². The number of methoxy groups -OCH3 is 1. The van der Waals surface area contributed by atoms with Crippen molar-refractivity contribution in [1.82, 2.24) is 10.6 Å². The second-order valence-electron chi connectivity index (χ2n) is 3.94. The number of carbonyl (C=O) groups is 1. The molecule has 0 radical (unpaired) electrons. The van der Waals surface area contributed by atoms with Gasteiger partial charge in [-0.05, 0) is 25.3 Å². The molecule has 0 aliphatic rings. The molecule has 0 aliphatic heterocycles. The van der Waals surface area contributed by atoms with Crippen molar-refractivity contribution >= 4 is 5.91 Å². The fourth-order valence-electron chi connectivity index (χ4n) is 1.26.